The molecule has 1 aromatic carbocycles. The summed E-state index contributed by atoms with van der Waals surface area (Å²) in [5.41, 5.74) is 1.27. The first-order valence-corrected chi connectivity index (χ1v) is 4.59. The van der Waals surface area contributed by atoms with E-state index in [1.165, 1.54) is 19.2 Å². The lowest BCUT2D eigenvalue weighted by Crippen LogP contribution is -2.01. The minimum atomic E-state index is -0.904. The summed E-state index contributed by atoms with van der Waals surface area (Å²) in [5.74, 6) is -0.703. The summed E-state index contributed by atoms with van der Waals surface area (Å²) in [6.45, 7) is 1.73. The quantitative estimate of drug-likeness (QED) is 0.831. The van der Waals surface area contributed by atoms with E-state index >= 15 is 0 Å². The maximum absolute atomic E-state index is 13.1. The Morgan fingerprint density at radius 2 is 2.20 bits per heavy atom. The van der Waals surface area contributed by atoms with Crippen molar-refractivity contribution in [1.29, 1.82) is 0 Å². The molecule has 0 atom stereocenters. The van der Waals surface area contributed by atoms with Crippen LogP contribution in [0.4, 0.5) is 4.39 Å². The third-order valence-electron chi connectivity index (χ3n) is 2.13. The predicted octanol–water partition coefficient (Wildman–Crippen LogP) is 2.16. The molecule has 0 aliphatic carbocycles. The van der Waals surface area contributed by atoms with Gasteiger partial charge < -0.3 is 9.84 Å². The third-order valence-corrected chi connectivity index (χ3v) is 2.13. The van der Waals surface area contributed by atoms with Gasteiger partial charge in [-0.3, -0.25) is 4.79 Å². The highest BCUT2D eigenvalue weighted by atomic mass is 19.1. The van der Waals surface area contributed by atoms with Gasteiger partial charge in [-0.25, -0.2) is 4.39 Å². The molecule has 0 saturated carbocycles. The van der Waals surface area contributed by atoms with Gasteiger partial charge in [-0.1, -0.05) is 0 Å². The molecule has 0 radical (unpaired) electrons. The van der Waals surface area contributed by atoms with Crippen LogP contribution in [0.1, 0.15) is 17.5 Å². The minimum Gasteiger partial charge on any atom is -0.496 e. The number of ether oxygens (including phenoxy) is 1. The van der Waals surface area contributed by atoms with E-state index in [4.69, 9.17) is 9.84 Å². The van der Waals surface area contributed by atoms with Crippen molar-refractivity contribution in [2.24, 2.45) is 0 Å². The SMILES string of the molecule is COc1c(C)cc(F)cc1CCC(=O)O. The summed E-state index contributed by atoms with van der Waals surface area (Å²) in [7, 11) is 1.49. The number of aliphatic carboxylic acids is 1. The second-order valence-corrected chi connectivity index (χ2v) is 3.31. The summed E-state index contributed by atoms with van der Waals surface area (Å²) in [6.07, 6.45) is 0.246. The molecule has 15 heavy (non-hydrogen) atoms. The molecule has 0 aliphatic rings. The van der Waals surface area contributed by atoms with Gasteiger partial charge in [0.1, 0.15) is 11.6 Å². The van der Waals surface area contributed by atoms with E-state index in [9.17, 15) is 9.18 Å². The van der Waals surface area contributed by atoms with E-state index in [1.807, 2.05) is 0 Å². The summed E-state index contributed by atoms with van der Waals surface area (Å²) in [4.78, 5) is 10.4. The first-order chi connectivity index (χ1) is 7.04. The summed E-state index contributed by atoms with van der Waals surface area (Å²) >= 11 is 0. The maximum Gasteiger partial charge on any atom is 0.303 e. The van der Waals surface area contributed by atoms with Gasteiger partial charge in [-0.05, 0) is 36.6 Å². The lowest BCUT2D eigenvalue weighted by molar-refractivity contribution is -0.136. The maximum atomic E-state index is 13.1. The highest BCUT2D eigenvalue weighted by molar-refractivity contribution is 5.67. The number of carboxylic acid groups (broad SMARTS) is 1. The molecule has 0 heterocycles. The number of halogens is 1. The van der Waals surface area contributed by atoms with E-state index < -0.39 is 5.97 Å². The Morgan fingerprint density at radius 3 is 2.73 bits per heavy atom. The van der Waals surface area contributed by atoms with Crippen LogP contribution in [0.15, 0.2) is 12.1 Å². The topological polar surface area (TPSA) is 46.5 Å². The summed E-state index contributed by atoms with van der Waals surface area (Å²) in [6, 6.07) is 2.68. The highest BCUT2D eigenvalue weighted by Gasteiger charge is 2.10. The van der Waals surface area contributed by atoms with Gasteiger partial charge in [-0.15, -0.1) is 0 Å². The van der Waals surface area contributed by atoms with E-state index in [1.54, 1.807) is 6.92 Å². The van der Waals surface area contributed by atoms with Crippen LogP contribution in [-0.2, 0) is 11.2 Å². The minimum absolute atomic E-state index is 0.0285. The Labute approximate surface area is 87.5 Å². The van der Waals surface area contributed by atoms with Crippen molar-refractivity contribution in [3.63, 3.8) is 0 Å². The number of carboxylic acids is 1. The van der Waals surface area contributed by atoms with Crippen molar-refractivity contribution in [3.05, 3.63) is 29.1 Å². The van der Waals surface area contributed by atoms with Crippen LogP contribution in [0.25, 0.3) is 0 Å². The number of aryl methyl sites for hydroxylation is 2. The second-order valence-electron chi connectivity index (χ2n) is 3.31. The number of hydrogen-bond acceptors (Lipinski definition) is 2. The van der Waals surface area contributed by atoms with Gasteiger partial charge in [0, 0.05) is 6.42 Å². The van der Waals surface area contributed by atoms with Gasteiger partial charge in [0.2, 0.25) is 0 Å². The molecular formula is C11H13FO3. The largest absolute Gasteiger partial charge is 0.496 e. The van der Waals surface area contributed by atoms with Gasteiger partial charge in [0.05, 0.1) is 7.11 Å². The lowest BCUT2D eigenvalue weighted by atomic mass is 10.0. The van der Waals surface area contributed by atoms with Crippen LogP contribution in [0.2, 0.25) is 0 Å². The molecule has 1 aromatic rings. The summed E-state index contributed by atoms with van der Waals surface area (Å²) in [5, 5.41) is 8.54. The molecule has 0 aliphatic heterocycles. The Kier molecular flexibility index (Phi) is 3.66. The lowest BCUT2D eigenvalue weighted by Gasteiger charge is -2.10. The smallest absolute Gasteiger partial charge is 0.303 e. The number of methoxy groups -OCH3 is 1. The molecule has 0 unspecified atom stereocenters. The average Bonchev–Trinajstić information content (AvgIpc) is 2.13. The zero-order chi connectivity index (χ0) is 11.4. The van der Waals surface area contributed by atoms with Crippen LogP contribution in [-0.4, -0.2) is 18.2 Å². The molecule has 0 spiro atoms. The van der Waals surface area contributed by atoms with Gasteiger partial charge in [0.25, 0.3) is 0 Å². The second kappa shape index (κ2) is 4.77. The Morgan fingerprint density at radius 1 is 1.53 bits per heavy atom. The third kappa shape index (κ3) is 2.94. The van der Waals surface area contributed by atoms with Crippen molar-refractivity contribution in [3.8, 4) is 5.75 Å². The molecule has 0 aromatic heterocycles. The Hall–Kier alpha value is -1.58. The van der Waals surface area contributed by atoms with Crippen molar-refractivity contribution in [2.75, 3.05) is 7.11 Å². The fourth-order valence-electron chi connectivity index (χ4n) is 1.52. The monoisotopic (exact) mass is 212 g/mol. The standard InChI is InChI=1S/C11H13FO3/c1-7-5-9(12)6-8(11(7)15-2)3-4-10(13)14/h5-6H,3-4H2,1-2H3,(H,13,14). The number of hydrogen-bond donors (Lipinski definition) is 1. The van der Waals surface area contributed by atoms with Gasteiger partial charge in [-0.2, -0.15) is 0 Å². The first-order valence-electron chi connectivity index (χ1n) is 4.59. The average molecular weight is 212 g/mol. The van der Waals surface area contributed by atoms with E-state index in [-0.39, 0.29) is 18.7 Å². The highest BCUT2D eigenvalue weighted by Crippen LogP contribution is 2.25. The predicted molar refractivity (Wildman–Crippen MR) is 53.6 cm³/mol. The van der Waals surface area contributed by atoms with E-state index in [0.717, 1.165) is 0 Å². The molecule has 82 valence electrons. The van der Waals surface area contributed by atoms with Gasteiger partial charge in [0.15, 0.2) is 0 Å². The number of benzene rings is 1. The van der Waals surface area contributed by atoms with Crippen LogP contribution < -0.4 is 4.74 Å². The number of rotatable bonds is 4. The Balaban J connectivity index is 2.98. The number of carbonyl (C=O) groups is 1. The molecule has 0 saturated heterocycles. The van der Waals surface area contributed by atoms with E-state index in [0.29, 0.717) is 16.9 Å². The van der Waals surface area contributed by atoms with Crippen molar-refractivity contribution in [2.45, 2.75) is 19.8 Å². The van der Waals surface area contributed by atoms with Crippen LogP contribution in [0.3, 0.4) is 0 Å². The fraction of sp³-hybridized carbons (Fsp3) is 0.364. The summed E-state index contributed by atoms with van der Waals surface area (Å²) < 4.78 is 18.2. The van der Waals surface area contributed by atoms with Gasteiger partial charge >= 0.3 is 5.97 Å². The molecular weight excluding hydrogens is 199 g/mol. The zero-order valence-electron chi connectivity index (χ0n) is 8.71. The molecule has 3 nitrogen and oxygen atoms in total. The molecule has 0 amide bonds. The molecule has 4 heteroatoms. The van der Waals surface area contributed by atoms with Crippen molar-refractivity contribution in [1.82, 2.24) is 0 Å². The van der Waals surface area contributed by atoms with E-state index in [2.05, 4.69) is 0 Å². The van der Waals surface area contributed by atoms with Crippen molar-refractivity contribution < 1.29 is 19.0 Å². The Bertz CT molecular complexity index is 374. The van der Waals surface area contributed by atoms with Crippen LogP contribution >= 0.6 is 0 Å². The first kappa shape index (κ1) is 11.5. The fourth-order valence-corrected chi connectivity index (χ4v) is 1.52. The molecule has 1 N–H and O–H groups in total. The molecule has 1 rings (SSSR count). The zero-order valence-corrected chi connectivity index (χ0v) is 8.71. The van der Waals surface area contributed by atoms with Crippen LogP contribution in [0, 0.1) is 12.7 Å². The van der Waals surface area contributed by atoms with Crippen LogP contribution in [0.5, 0.6) is 5.75 Å². The normalized spacial score (nSPS) is 10.1. The molecule has 0 bridgehead atoms. The molecule has 0 fully saturated rings. The van der Waals surface area contributed by atoms with Crippen molar-refractivity contribution >= 4 is 5.97 Å².